The fourth-order valence-corrected chi connectivity index (χ4v) is 2.96. The van der Waals surface area contributed by atoms with E-state index in [0.717, 1.165) is 11.1 Å². The topological polar surface area (TPSA) is 64.6 Å². The van der Waals surface area contributed by atoms with Gasteiger partial charge in [-0.05, 0) is 34.7 Å². The van der Waals surface area contributed by atoms with Crippen molar-refractivity contribution in [2.45, 2.75) is 38.7 Å². The SMILES string of the molecule is COc1ccc(C(C)(C)C)cc1NC(=O)[C@@H]1Cc2ccccc2C(=O)O1. The number of methoxy groups -OCH3 is 1. The third-order valence-electron chi connectivity index (χ3n) is 4.51. The van der Waals surface area contributed by atoms with Crippen LogP contribution >= 0.6 is 0 Å². The molecule has 1 heterocycles. The summed E-state index contributed by atoms with van der Waals surface area (Å²) in [5.41, 5.74) is 2.91. The summed E-state index contributed by atoms with van der Waals surface area (Å²) in [4.78, 5) is 24.8. The Balaban J connectivity index is 1.83. The summed E-state index contributed by atoms with van der Waals surface area (Å²) < 4.78 is 10.7. The second-order valence-electron chi connectivity index (χ2n) is 7.41. The maximum atomic E-state index is 12.7. The summed E-state index contributed by atoms with van der Waals surface area (Å²) >= 11 is 0. The number of carbonyl (C=O) groups is 2. The summed E-state index contributed by atoms with van der Waals surface area (Å²) in [6.07, 6.45) is -0.505. The predicted octanol–water partition coefficient (Wildman–Crippen LogP) is 3.71. The van der Waals surface area contributed by atoms with Gasteiger partial charge in [-0.2, -0.15) is 0 Å². The van der Waals surface area contributed by atoms with Crippen LogP contribution in [0, 0.1) is 0 Å². The molecular weight excluding hydrogens is 330 g/mol. The first-order valence-electron chi connectivity index (χ1n) is 8.58. The molecule has 0 spiro atoms. The number of cyclic esters (lactones) is 1. The first-order chi connectivity index (χ1) is 12.3. The number of carbonyl (C=O) groups excluding carboxylic acids is 2. The van der Waals surface area contributed by atoms with Gasteiger partial charge in [-0.25, -0.2) is 4.79 Å². The quantitative estimate of drug-likeness (QED) is 0.855. The predicted molar refractivity (Wildman–Crippen MR) is 99.7 cm³/mol. The maximum absolute atomic E-state index is 12.7. The van der Waals surface area contributed by atoms with E-state index in [4.69, 9.17) is 9.47 Å². The highest BCUT2D eigenvalue weighted by molar-refractivity contribution is 6.00. The van der Waals surface area contributed by atoms with Crippen LogP contribution in [0.4, 0.5) is 5.69 Å². The van der Waals surface area contributed by atoms with E-state index in [-0.39, 0.29) is 11.3 Å². The lowest BCUT2D eigenvalue weighted by atomic mass is 9.87. The zero-order valence-corrected chi connectivity index (χ0v) is 15.5. The number of nitrogens with one attached hydrogen (secondary N) is 1. The molecule has 1 amide bonds. The molecule has 5 heteroatoms. The minimum Gasteiger partial charge on any atom is -0.495 e. The van der Waals surface area contributed by atoms with Crippen LogP contribution in [0.1, 0.15) is 42.3 Å². The molecule has 1 atom stereocenters. The number of rotatable bonds is 3. The molecule has 2 aromatic carbocycles. The first kappa shape index (κ1) is 18.0. The van der Waals surface area contributed by atoms with Gasteiger partial charge in [-0.15, -0.1) is 0 Å². The van der Waals surface area contributed by atoms with Gasteiger partial charge in [0, 0.05) is 6.42 Å². The van der Waals surface area contributed by atoms with Crippen molar-refractivity contribution >= 4 is 17.6 Å². The Kier molecular flexibility index (Phi) is 4.72. The van der Waals surface area contributed by atoms with Crippen molar-refractivity contribution in [3.8, 4) is 5.75 Å². The van der Waals surface area contributed by atoms with E-state index in [2.05, 4.69) is 26.1 Å². The van der Waals surface area contributed by atoms with Gasteiger partial charge >= 0.3 is 5.97 Å². The Labute approximate surface area is 153 Å². The molecule has 1 aliphatic heterocycles. The largest absolute Gasteiger partial charge is 0.495 e. The van der Waals surface area contributed by atoms with E-state index < -0.39 is 12.1 Å². The minimum atomic E-state index is -0.861. The Bertz CT molecular complexity index is 851. The second kappa shape index (κ2) is 6.83. The highest BCUT2D eigenvalue weighted by Gasteiger charge is 2.31. The van der Waals surface area contributed by atoms with Crippen LogP contribution in [0.5, 0.6) is 5.75 Å². The van der Waals surface area contributed by atoms with Crippen molar-refractivity contribution in [1.82, 2.24) is 0 Å². The summed E-state index contributed by atoms with van der Waals surface area (Å²) in [6, 6.07) is 12.9. The molecule has 1 N–H and O–H groups in total. The summed E-state index contributed by atoms with van der Waals surface area (Å²) in [7, 11) is 1.55. The van der Waals surface area contributed by atoms with Crippen LogP contribution in [0.2, 0.25) is 0 Å². The van der Waals surface area contributed by atoms with Gasteiger partial charge in [-0.3, -0.25) is 4.79 Å². The smallest absolute Gasteiger partial charge is 0.339 e. The van der Waals surface area contributed by atoms with Crippen molar-refractivity contribution in [2.75, 3.05) is 12.4 Å². The fourth-order valence-electron chi connectivity index (χ4n) is 2.96. The minimum absolute atomic E-state index is 0.0675. The molecule has 2 aromatic rings. The standard InChI is InChI=1S/C21H23NO4/c1-21(2,3)14-9-10-17(25-4)16(12-14)22-19(23)18-11-13-7-5-6-8-15(13)20(24)26-18/h5-10,12,18H,11H2,1-4H3,(H,22,23)/t18-/m0/s1. The molecule has 0 aliphatic carbocycles. The average Bonchev–Trinajstić information content (AvgIpc) is 2.60. The number of ether oxygens (including phenoxy) is 2. The Morgan fingerprint density at radius 3 is 2.62 bits per heavy atom. The molecule has 26 heavy (non-hydrogen) atoms. The summed E-state index contributed by atoms with van der Waals surface area (Å²) in [6.45, 7) is 6.29. The lowest BCUT2D eigenvalue weighted by molar-refractivity contribution is -0.125. The van der Waals surface area contributed by atoms with Crippen LogP contribution in [0.25, 0.3) is 0 Å². The highest BCUT2D eigenvalue weighted by atomic mass is 16.5. The van der Waals surface area contributed by atoms with Crippen molar-refractivity contribution in [3.63, 3.8) is 0 Å². The van der Waals surface area contributed by atoms with E-state index in [0.29, 0.717) is 23.4 Å². The van der Waals surface area contributed by atoms with Gasteiger partial charge in [0.1, 0.15) is 5.75 Å². The normalized spacial score (nSPS) is 16.5. The van der Waals surface area contributed by atoms with E-state index in [1.807, 2.05) is 30.3 Å². The molecule has 1 aliphatic rings. The number of esters is 1. The lowest BCUT2D eigenvalue weighted by Crippen LogP contribution is -2.38. The molecule has 0 bridgehead atoms. The van der Waals surface area contributed by atoms with Gasteiger partial charge in [-0.1, -0.05) is 45.0 Å². The Hall–Kier alpha value is -2.82. The van der Waals surface area contributed by atoms with Crippen LogP contribution in [-0.4, -0.2) is 25.1 Å². The van der Waals surface area contributed by atoms with Gasteiger partial charge in [0.25, 0.3) is 5.91 Å². The first-order valence-corrected chi connectivity index (χ1v) is 8.58. The van der Waals surface area contributed by atoms with E-state index in [1.165, 1.54) is 0 Å². The van der Waals surface area contributed by atoms with Crippen molar-refractivity contribution < 1.29 is 19.1 Å². The molecule has 136 valence electrons. The van der Waals surface area contributed by atoms with Crippen LogP contribution in [0.3, 0.4) is 0 Å². The Morgan fingerprint density at radius 2 is 1.92 bits per heavy atom. The van der Waals surface area contributed by atoms with Crippen molar-refractivity contribution in [3.05, 3.63) is 59.2 Å². The average molecular weight is 353 g/mol. The molecule has 0 radical (unpaired) electrons. The molecule has 0 fully saturated rings. The number of anilines is 1. The third-order valence-corrected chi connectivity index (χ3v) is 4.51. The molecule has 0 unspecified atom stereocenters. The third kappa shape index (κ3) is 3.57. The number of benzene rings is 2. The van der Waals surface area contributed by atoms with Crippen LogP contribution in [0.15, 0.2) is 42.5 Å². The van der Waals surface area contributed by atoms with Gasteiger partial charge in [0.15, 0.2) is 6.10 Å². The van der Waals surface area contributed by atoms with Gasteiger partial charge in [0.2, 0.25) is 0 Å². The van der Waals surface area contributed by atoms with Gasteiger partial charge < -0.3 is 14.8 Å². The molecule has 0 saturated carbocycles. The zero-order valence-electron chi connectivity index (χ0n) is 15.5. The van der Waals surface area contributed by atoms with Gasteiger partial charge in [0.05, 0.1) is 18.4 Å². The molecule has 0 aromatic heterocycles. The number of fused-ring (bicyclic) bond motifs is 1. The zero-order chi connectivity index (χ0) is 18.9. The van der Waals surface area contributed by atoms with E-state index >= 15 is 0 Å². The van der Waals surface area contributed by atoms with E-state index in [1.54, 1.807) is 19.2 Å². The van der Waals surface area contributed by atoms with Crippen LogP contribution in [-0.2, 0) is 21.4 Å². The number of hydrogen-bond donors (Lipinski definition) is 1. The summed E-state index contributed by atoms with van der Waals surface area (Å²) in [5, 5.41) is 2.85. The van der Waals surface area contributed by atoms with Crippen molar-refractivity contribution in [2.24, 2.45) is 0 Å². The van der Waals surface area contributed by atoms with Crippen LogP contribution < -0.4 is 10.1 Å². The fraction of sp³-hybridized carbons (Fsp3) is 0.333. The molecule has 5 nitrogen and oxygen atoms in total. The second-order valence-corrected chi connectivity index (χ2v) is 7.41. The van der Waals surface area contributed by atoms with Crippen molar-refractivity contribution in [1.29, 1.82) is 0 Å². The monoisotopic (exact) mass is 353 g/mol. The molecule has 3 rings (SSSR count). The Morgan fingerprint density at radius 1 is 1.19 bits per heavy atom. The summed E-state index contributed by atoms with van der Waals surface area (Å²) in [5.74, 6) is -0.270. The number of hydrogen-bond acceptors (Lipinski definition) is 4. The lowest BCUT2D eigenvalue weighted by Gasteiger charge is -2.25. The molecule has 0 saturated heterocycles. The maximum Gasteiger partial charge on any atom is 0.339 e. The molecular formula is C21H23NO4. The van der Waals surface area contributed by atoms with E-state index in [9.17, 15) is 9.59 Å². The number of amides is 1. The highest BCUT2D eigenvalue weighted by Crippen LogP contribution is 2.32.